The van der Waals surface area contributed by atoms with E-state index in [2.05, 4.69) is 62.4 Å². The highest BCUT2D eigenvalue weighted by atomic mass is 28.2. The number of aryl methyl sites for hydroxylation is 1. The van der Waals surface area contributed by atoms with Crippen LogP contribution in [0, 0.1) is 17.8 Å². The second kappa shape index (κ2) is 12.2. The van der Waals surface area contributed by atoms with Crippen LogP contribution in [0.1, 0.15) is 95.1 Å². The first kappa shape index (κ1) is 23.8. The summed E-state index contributed by atoms with van der Waals surface area (Å²) in [5, 5.41) is 0. The highest BCUT2D eigenvalue weighted by molar-refractivity contribution is 6.35. The third kappa shape index (κ3) is 6.37. The third-order valence-corrected chi connectivity index (χ3v) is 10.4. The van der Waals surface area contributed by atoms with E-state index >= 15 is 0 Å². The first-order chi connectivity index (χ1) is 15.8. The lowest BCUT2D eigenvalue weighted by Gasteiger charge is -2.38. The topological polar surface area (TPSA) is 0 Å². The number of hydrogen-bond acceptors (Lipinski definition) is 0. The molecule has 0 heterocycles. The van der Waals surface area contributed by atoms with E-state index in [1.165, 1.54) is 61.3 Å². The monoisotopic (exact) mass is 446 g/mol. The van der Waals surface area contributed by atoms with Crippen molar-refractivity contribution in [2.24, 2.45) is 17.8 Å². The van der Waals surface area contributed by atoms with Gasteiger partial charge in [-0.1, -0.05) is 100 Å². The Morgan fingerprint density at radius 1 is 0.688 bits per heavy atom. The fourth-order valence-electron chi connectivity index (χ4n) is 6.66. The van der Waals surface area contributed by atoms with Gasteiger partial charge in [0.05, 0.1) is 0 Å². The molecule has 0 N–H and O–H groups in total. The Labute approximate surface area is 200 Å². The number of rotatable bonds is 9. The molecule has 0 spiro atoms. The Hall–Kier alpha value is -1.34. The maximum absolute atomic E-state index is 2.42. The summed E-state index contributed by atoms with van der Waals surface area (Å²) in [6, 6.07) is 21.9. The highest BCUT2D eigenvalue weighted by Crippen LogP contribution is 2.44. The zero-order valence-corrected chi connectivity index (χ0v) is 22.2. The van der Waals surface area contributed by atoms with Crippen LogP contribution >= 0.6 is 0 Å². The molecule has 0 aliphatic heterocycles. The van der Waals surface area contributed by atoms with Gasteiger partial charge in [0.1, 0.15) is 0 Å². The van der Waals surface area contributed by atoms with E-state index in [1.54, 1.807) is 43.7 Å². The molecule has 32 heavy (non-hydrogen) atoms. The summed E-state index contributed by atoms with van der Waals surface area (Å²) in [7, 11) is 0.291. The van der Waals surface area contributed by atoms with E-state index < -0.39 is 0 Å². The van der Waals surface area contributed by atoms with E-state index in [-0.39, 0.29) is 0 Å². The van der Waals surface area contributed by atoms with Crippen LogP contribution in [0.2, 0.25) is 12.1 Å². The lowest BCUT2D eigenvalue weighted by atomic mass is 9.68. The van der Waals surface area contributed by atoms with Gasteiger partial charge in [-0.25, -0.2) is 0 Å². The lowest BCUT2D eigenvalue weighted by Crippen LogP contribution is -2.25. The molecule has 174 valence electrons. The molecule has 2 saturated carbocycles. The maximum atomic E-state index is 2.42. The summed E-state index contributed by atoms with van der Waals surface area (Å²) >= 11 is 0. The molecule has 0 nitrogen and oxygen atoms in total. The largest absolute Gasteiger partial charge is 0.0683 e. The Morgan fingerprint density at radius 3 is 1.81 bits per heavy atom. The van der Waals surface area contributed by atoms with Crippen LogP contribution in [0.4, 0.5) is 0 Å². The SMILES string of the molecule is CCCc1ccc(-c2ccc(C3CCC(C4CCC(CC[SiH2]CC)CC4)CC3)cc2)cc1. The molecule has 0 bridgehead atoms. The minimum atomic E-state index is 0.291. The smallest absolute Gasteiger partial charge is 0.0195 e. The molecule has 1 heteroatoms. The zero-order chi connectivity index (χ0) is 22.2. The summed E-state index contributed by atoms with van der Waals surface area (Å²) in [4.78, 5) is 0. The molecule has 2 aromatic rings. The van der Waals surface area contributed by atoms with Gasteiger partial charge in [-0.3, -0.25) is 0 Å². The van der Waals surface area contributed by atoms with Gasteiger partial charge in [0, 0.05) is 9.52 Å². The highest BCUT2D eigenvalue weighted by Gasteiger charge is 2.31. The van der Waals surface area contributed by atoms with Gasteiger partial charge in [-0.2, -0.15) is 0 Å². The van der Waals surface area contributed by atoms with Gasteiger partial charge in [-0.05, 0) is 90.9 Å². The molecule has 0 atom stereocenters. The summed E-state index contributed by atoms with van der Waals surface area (Å²) < 4.78 is 0. The Bertz CT molecular complexity index is 774. The molecule has 4 rings (SSSR count). The van der Waals surface area contributed by atoms with Crippen molar-refractivity contribution in [3.05, 3.63) is 59.7 Å². The summed E-state index contributed by atoms with van der Waals surface area (Å²) in [5.41, 5.74) is 5.76. The Balaban J connectivity index is 1.24. The summed E-state index contributed by atoms with van der Waals surface area (Å²) in [6.45, 7) is 4.64. The van der Waals surface area contributed by atoms with Crippen molar-refractivity contribution in [1.29, 1.82) is 0 Å². The molecule has 0 saturated heterocycles. The molecule has 0 unspecified atom stereocenters. The zero-order valence-electron chi connectivity index (χ0n) is 20.8. The normalized spacial score (nSPS) is 26.6. The van der Waals surface area contributed by atoms with Gasteiger partial charge >= 0.3 is 0 Å². The van der Waals surface area contributed by atoms with Crippen LogP contribution in [0.15, 0.2) is 48.5 Å². The number of benzene rings is 2. The van der Waals surface area contributed by atoms with Crippen molar-refractivity contribution in [3.8, 4) is 11.1 Å². The quantitative estimate of drug-likeness (QED) is 0.266. The van der Waals surface area contributed by atoms with Gasteiger partial charge in [-0.15, -0.1) is 0 Å². The van der Waals surface area contributed by atoms with Gasteiger partial charge in [0.2, 0.25) is 0 Å². The van der Waals surface area contributed by atoms with Crippen LogP contribution in [-0.2, 0) is 6.42 Å². The van der Waals surface area contributed by atoms with Gasteiger partial charge in [0.25, 0.3) is 0 Å². The van der Waals surface area contributed by atoms with E-state index in [0.29, 0.717) is 9.52 Å². The van der Waals surface area contributed by atoms with E-state index in [4.69, 9.17) is 0 Å². The molecule has 2 aliphatic carbocycles. The molecule has 2 aromatic carbocycles. The van der Waals surface area contributed by atoms with Crippen molar-refractivity contribution in [2.75, 3.05) is 0 Å². The fraction of sp³-hybridized carbons (Fsp3) is 0.613. The van der Waals surface area contributed by atoms with Crippen LogP contribution in [0.25, 0.3) is 11.1 Å². The standard InChI is InChI=1S/C31H46Si/c1-3-5-24-6-10-26(11-7-24)28-14-18-30(19-15-28)31-20-16-29(17-21-31)27-12-8-25(9-13-27)22-23-32-4-2/h6-7,10-11,14-15,18-19,25,27,29,31H,3-5,8-9,12-13,16-17,20-23,32H2,1-2H3. The van der Waals surface area contributed by atoms with Crippen molar-refractivity contribution in [2.45, 2.75) is 102 Å². The molecule has 0 radical (unpaired) electrons. The van der Waals surface area contributed by atoms with Crippen LogP contribution in [-0.4, -0.2) is 9.52 Å². The van der Waals surface area contributed by atoms with E-state index in [0.717, 1.165) is 23.7 Å². The molecule has 0 amide bonds. The maximum Gasteiger partial charge on any atom is 0.0195 e. The Morgan fingerprint density at radius 2 is 1.25 bits per heavy atom. The van der Waals surface area contributed by atoms with Gasteiger partial charge in [0.15, 0.2) is 0 Å². The summed E-state index contributed by atoms with van der Waals surface area (Å²) in [6.07, 6.45) is 15.9. The van der Waals surface area contributed by atoms with Crippen LogP contribution < -0.4 is 0 Å². The molecular formula is C31H46Si. The van der Waals surface area contributed by atoms with E-state index in [9.17, 15) is 0 Å². The average Bonchev–Trinajstić information content (AvgIpc) is 2.86. The lowest BCUT2D eigenvalue weighted by molar-refractivity contribution is 0.158. The van der Waals surface area contributed by atoms with Gasteiger partial charge < -0.3 is 0 Å². The van der Waals surface area contributed by atoms with Crippen molar-refractivity contribution in [3.63, 3.8) is 0 Å². The molecule has 2 fully saturated rings. The predicted molar refractivity (Wildman–Crippen MR) is 144 cm³/mol. The molecular weight excluding hydrogens is 400 g/mol. The van der Waals surface area contributed by atoms with Crippen LogP contribution in [0.5, 0.6) is 0 Å². The van der Waals surface area contributed by atoms with E-state index in [1.807, 2.05) is 0 Å². The first-order valence-corrected chi connectivity index (χ1v) is 16.0. The second-order valence-electron chi connectivity index (χ2n) is 11.0. The second-order valence-corrected chi connectivity index (χ2v) is 13.4. The Kier molecular flexibility index (Phi) is 9.08. The third-order valence-electron chi connectivity index (χ3n) is 8.75. The van der Waals surface area contributed by atoms with Crippen LogP contribution in [0.3, 0.4) is 0 Å². The average molecular weight is 447 g/mol. The van der Waals surface area contributed by atoms with Crippen molar-refractivity contribution < 1.29 is 0 Å². The first-order valence-electron chi connectivity index (χ1n) is 14.0. The molecule has 2 aliphatic rings. The minimum absolute atomic E-state index is 0.291. The number of hydrogen-bond donors (Lipinski definition) is 0. The molecule has 0 aromatic heterocycles. The summed E-state index contributed by atoms with van der Waals surface area (Å²) in [5.74, 6) is 3.96. The predicted octanol–water partition coefficient (Wildman–Crippen LogP) is 8.80. The van der Waals surface area contributed by atoms with Crippen molar-refractivity contribution >= 4 is 9.52 Å². The van der Waals surface area contributed by atoms with Crippen molar-refractivity contribution in [1.82, 2.24) is 0 Å². The minimum Gasteiger partial charge on any atom is -0.0683 e. The fourth-order valence-corrected chi connectivity index (χ4v) is 8.02.